The first kappa shape index (κ1) is 14.5. The highest BCUT2D eigenvalue weighted by Gasteiger charge is 2.46. The molecule has 0 aromatic heterocycles. The van der Waals surface area contributed by atoms with E-state index >= 15 is 0 Å². The molecule has 1 aromatic carbocycles. The van der Waals surface area contributed by atoms with Gasteiger partial charge in [0.15, 0.2) is 0 Å². The summed E-state index contributed by atoms with van der Waals surface area (Å²) in [7, 11) is 0. The van der Waals surface area contributed by atoms with Crippen LogP contribution in [0.15, 0.2) is 30.3 Å². The van der Waals surface area contributed by atoms with E-state index in [4.69, 9.17) is 5.11 Å². The zero-order valence-corrected chi connectivity index (χ0v) is 11.9. The van der Waals surface area contributed by atoms with Crippen LogP contribution in [0, 0.1) is 11.8 Å². The van der Waals surface area contributed by atoms with Gasteiger partial charge in [0, 0.05) is 13.1 Å². The highest BCUT2D eigenvalue weighted by Crippen LogP contribution is 2.28. The lowest BCUT2D eigenvalue weighted by atomic mass is 9.85. The molecule has 2 heterocycles. The third-order valence-electron chi connectivity index (χ3n) is 4.20. The van der Waals surface area contributed by atoms with E-state index < -0.39 is 35.9 Å². The molecule has 22 heavy (non-hydrogen) atoms. The van der Waals surface area contributed by atoms with Crippen molar-refractivity contribution in [3.05, 3.63) is 35.9 Å². The van der Waals surface area contributed by atoms with Gasteiger partial charge in [0.25, 0.3) is 0 Å². The molecule has 0 bridgehead atoms. The Labute approximate surface area is 127 Å². The van der Waals surface area contributed by atoms with Gasteiger partial charge < -0.3 is 10.0 Å². The Morgan fingerprint density at radius 2 is 2.00 bits per heavy atom. The number of carboxylic acids is 1. The number of carboxylic acid groups (broad SMARTS) is 1. The van der Waals surface area contributed by atoms with Gasteiger partial charge >= 0.3 is 12.0 Å². The minimum absolute atomic E-state index is 0.234. The quantitative estimate of drug-likeness (QED) is 0.749. The van der Waals surface area contributed by atoms with E-state index in [1.165, 1.54) is 0 Å². The first-order valence-corrected chi connectivity index (χ1v) is 7.18. The lowest BCUT2D eigenvalue weighted by Gasteiger charge is -2.44. The summed E-state index contributed by atoms with van der Waals surface area (Å²) >= 11 is 0. The van der Waals surface area contributed by atoms with Crippen LogP contribution in [0.5, 0.6) is 0 Å². The molecule has 3 unspecified atom stereocenters. The molecule has 1 aromatic rings. The Hall–Kier alpha value is -2.41. The second kappa shape index (κ2) is 5.76. The number of rotatable bonds is 3. The standard InChI is InChI=1S/C15H17N3O4/c19-13-11-6-10(14(20)21)7-16-12(11)18(15(22)17-13)8-9-4-2-1-3-5-9/h1-5,10-12,16H,6-8H2,(H,20,21)(H,17,19,22). The molecule has 3 N–H and O–H groups in total. The summed E-state index contributed by atoms with van der Waals surface area (Å²) in [6.45, 7) is 0.619. The van der Waals surface area contributed by atoms with Crippen molar-refractivity contribution in [1.29, 1.82) is 0 Å². The van der Waals surface area contributed by atoms with Crippen LogP contribution in [0.25, 0.3) is 0 Å². The van der Waals surface area contributed by atoms with Crippen LogP contribution < -0.4 is 10.6 Å². The van der Waals surface area contributed by atoms with Crippen molar-refractivity contribution in [2.75, 3.05) is 6.54 Å². The average molecular weight is 303 g/mol. The molecule has 7 heteroatoms. The van der Waals surface area contributed by atoms with Gasteiger partial charge in [0.2, 0.25) is 5.91 Å². The van der Waals surface area contributed by atoms with E-state index in [-0.39, 0.29) is 13.0 Å². The van der Waals surface area contributed by atoms with Crippen molar-refractivity contribution in [3.63, 3.8) is 0 Å². The third kappa shape index (κ3) is 2.67. The Morgan fingerprint density at radius 3 is 2.68 bits per heavy atom. The molecule has 3 atom stereocenters. The maximum absolute atomic E-state index is 12.1. The molecule has 0 spiro atoms. The van der Waals surface area contributed by atoms with Gasteiger partial charge in [-0.1, -0.05) is 30.3 Å². The summed E-state index contributed by atoms with van der Waals surface area (Å²) < 4.78 is 0. The van der Waals surface area contributed by atoms with Gasteiger partial charge in [-0.2, -0.15) is 0 Å². The molecule has 0 aliphatic carbocycles. The topological polar surface area (TPSA) is 98.7 Å². The Balaban J connectivity index is 1.80. The summed E-state index contributed by atoms with van der Waals surface area (Å²) in [6.07, 6.45) is -0.228. The molecule has 116 valence electrons. The van der Waals surface area contributed by atoms with E-state index in [2.05, 4.69) is 10.6 Å². The summed E-state index contributed by atoms with van der Waals surface area (Å²) in [5, 5.41) is 14.5. The number of benzene rings is 1. The van der Waals surface area contributed by atoms with E-state index in [9.17, 15) is 14.4 Å². The number of fused-ring (bicyclic) bond motifs is 1. The predicted molar refractivity (Wildman–Crippen MR) is 76.5 cm³/mol. The molecular weight excluding hydrogens is 286 g/mol. The van der Waals surface area contributed by atoms with E-state index in [0.29, 0.717) is 6.54 Å². The monoisotopic (exact) mass is 303 g/mol. The first-order valence-electron chi connectivity index (χ1n) is 7.18. The second-order valence-electron chi connectivity index (χ2n) is 5.64. The summed E-state index contributed by atoms with van der Waals surface area (Å²) in [5.74, 6) is -2.49. The Bertz CT molecular complexity index is 604. The van der Waals surface area contributed by atoms with E-state index in [1.54, 1.807) is 4.90 Å². The van der Waals surface area contributed by atoms with E-state index in [0.717, 1.165) is 5.56 Å². The summed E-state index contributed by atoms with van der Waals surface area (Å²) in [5.41, 5.74) is 0.952. The fraction of sp³-hybridized carbons (Fsp3) is 0.400. The number of amides is 3. The molecule has 2 saturated heterocycles. The fourth-order valence-electron chi connectivity index (χ4n) is 3.04. The first-order chi connectivity index (χ1) is 10.6. The van der Waals surface area contributed by atoms with Crippen LogP contribution in [0.1, 0.15) is 12.0 Å². The number of piperidine rings is 1. The van der Waals surface area contributed by atoms with Gasteiger partial charge in [-0.25, -0.2) is 4.79 Å². The van der Waals surface area contributed by atoms with Crippen LogP contribution >= 0.6 is 0 Å². The van der Waals surface area contributed by atoms with Gasteiger partial charge in [-0.3, -0.25) is 20.2 Å². The predicted octanol–water partition coefficient (Wildman–Crippen LogP) is 0.375. The fourth-order valence-corrected chi connectivity index (χ4v) is 3.04. The second-order valence-corrected chi connectivity index (χ2v) is 5.64. The number of hydrogen-bond acceptors (Lipinski definition) is 4. The molecule has 3 rings (SSSR count). The molecule has 2 aliphatic rings. The van der Waals surface area contributed by atoms with Gasteiger partial charge in [-0.05, 0) is 12.0 Å². The van der Waals surface area contributed by atoms with Crippen molar-refractivity contribution >= 4 is 17.9 Å². The summed E-state index contributed by atoms with van der Waals surface area (Å²) in [4.78, 5) is 36.8. The largest absolute Gasteiger partial charge is 0.481 e. The molecular formula is C15H17N3O4. The molecule has 3 amide bonds. The minimum atomic E-state index is -0.926. The number of carbonyl (C=O) groups excluding carboxylic acids is 2. The number of urea groups is 1. The van der Waals surface area contributed by atoms with Gasteiger partial charge in [-0.15, -0.1) is 0 Å². The zero-order chi connectivity index (χ0) is 15.7. The minimum Gasteiger partial charge on any atom is -0.481 e. The normalized spacial score (nSPS) is 28.0. The molecule has 0 saturated carbocycles. The Kier molecular flexibility index (Phi) is 3.81. The maximum Gasteiger partial charge on any atom is 0.325 e. The van der Waals surface area contributed by atoms with E-state index in [1.807, 2.05) is 30.3 Å². The number of nitrogens with one attached hydrogen (secondary N) is 2. The van der Waals surface area contributed by atoms with Crippen molar-refractivity contribution in [2.24, 2.45) is 11.8 Å². The highest BCUT2D eigenvalue weighted by atomic mass is 16.4. The highest BCUT2D eigenvalue weighted by molar-refractivity contribution is 5.98. The SMILES string of the molecule is O=C(O)C1CNC2C(C1)C(=O)NC(=O)N2Cc1ccccc1. The lowest BCUT2D eigenvalue weighted by molar-refractivity contribution is -0.145. The number of hydrogen-bond donors (Lipinski definition) is 3. The summed E-state index contributed by atoms with van der Waals surface area (Å²) in [6, 6.07) is 9.02. The van der Waals surface area contributed by atoms with Crippen LogP contribution in [0.4, 0.5) is 4.79 Å². The molecule has 7 nitrogen and oxygen atoms in total. The number of imide groups is 1. The average Bonchev–Trinajstić information content (AvgIpc) is 2.52. The zero-order valence-electron chi connectivity index (χ0n) is 11.9. The number of aliphatic carboxylic acids is 1. The molecule has 0 radical (unpaired) electrons. The van der Waals surface area contributed by atoms with Crippen LogP contribution in [-0.2, 0) is 16.1 Å². The van der Waals surface area contributed by atoms with Crippen LogP contribution in [-0.4, -0.2) is 40.6 Å². The lowest BCUT2D eigenvalue weighted by Crippen LogP contribution is -2.67. The van der Waals surface area contributed by atoms with Crippen molar-refractivity contribution in [2.45, 2.75) is 19.1 Å². The van der Waals surface area contributed by atoms with Gasteiger partial charge in [0.05, 0.1) is 18.0 Å². The smallest absolute Gasteiger partial charge is 0.325 e. The van der Waals surface area contributed by atoms with Crippen LogP contribution in [0.2, 0.25) is 0 Å². The van der Waals surface area contributed by atoms with Crippen molar-refractivity contribution in [1.82, 2.24) is 15.5 Å². The Morgan fingerprint density at radius 1 is 1.27 bits per heavy atom. The van der Waals surface area contributed by atoms with Gasteiger partial charge in [0.1, 0.15) is 0 Å². The maximum atomic E-state index is 12.1. The third-order valence-corrected chi connectivity index (χ3v) is 4.20. The number of carbonyl (C=O) groups is 3. The molecule has 2 aliphatic heterocycles. The van der Waals surface area contributed by atoms with Crippen molar-refractivity contribution < 1.29 is 19.5 Å². The van der Waals surface area contributed by atoms with Crippen molar-refractivity contribution in [3.8, 4) is 0 Å². The molecule has 2 fully saturated rings. The van der Waals surface area contributed by atoms with Crippen LogP contribution in [0.3, 0.4) is 0 Å². The number of nitrogens with zero attached hydrogens (tertiary/aromatic N) is 1.